The predicted molar refractivity (Wildman–Crippen MR) is 71.9 cm³/mol. The molecule has 1 saturated heterocycles. The van der Waals surface area contributed by atoms with Gasteiger partial charge < -0.3 is 15.4 Å². The Hall–Kier alpha value is -0.460. The Morgan fingerprint density at radius 3 is 2.74 bits per heavy atom. The van der Waals surface area contributed by atoms with Gasteiger partial charge in [-0.15, -0.1) is 12.4 Å². The first-order chi connectivity index (χ1) is 8.50. The summed E-state index contributed by atoms with van der Waals surface area (Å²) in [6.45, 7) is 4.54. The number of rotatable bonds is 6. The first-order valence-corrected chi connectivity index (χ1v) is 6.39. The minimum Gasteiger partial charge on any atom is -0.375 e. The van der Waals surface area contributed by atoms with Crippen molar-refractivity contribution in [3.05, 3.63) is 0 Å². The van der Waals surface area contributed by atoms with Crippen molar-refractivity contribution in [3.8, 4) is 0 Å². The largest absolute Gasteiger partial charge is 0.375 e. The zero-order valence-corrected chi connectivity index (χ0v) is 12.1. The summed E-state index contributed by atoms with van der Waals surface area (Å²) >= 11 is 0. The molecule has 7 heteroatoms. The van der Waals surface area contributed by atoms with E-state index in [-0.39, 0.29) is 43.4 Å². The minimum absolute atomic E-state index is 0. The van der Waals surface area contributed by atoms with Gasteiger partial charge >= 0.3 is 0 Å². The van der Waals surface area contributed by atoms with Gasteiger partial charge in [-0.1, -0.05) is 6.92 Å². The summed E-state index contributed by atoms with van der Waals surface area (Å²) in [6.07, 6.45) is -1.32. The molecule has 0 spiro atoms. The Labute approximate surface area is 119 Å². The van der Waals surface area contributed by atoms with Crippen molar-refractivity contribution in [2.75, 3.05) is 19.8 Å². The first kappa shape index (κ1) is 18.5. The van der Waals surface area contributed by atoms with Gasteiger partial charge in [0.2, 0.25) is 5.91 Å². The Kier molecular flexibility index (Phi) is 9.22. The summed E-state index contributed by atoms with van der Waals surface area (Å²) in [6, 6.07) is 0.334. The zero-order chi connectivity index (χ0) is 13.5. The molecule has 2 N–H and O–H groups in total. The molecule has 0 aromatic heterocycles. The van der Waals surface area contributed by atoms with Crippen molar-refractivity contribution in [1.82, 2.24) is 10.6 Å². The van der Waals surface area contributed by atoms with Crippen LogP contribution in [0, 0.1) is 5.92 Å². The molecule has 19 heavy (non-hydrogen) atoms. The van der Waals surface area contributed by atoms with Gasteiger partial charge in [-0.05, 0) is 25.8 Å². The van der Waals surface area contributed by atoms with E-state index >= 15 is 0 Å². The van der Waals surface area contributed by atoms with Crippen LogP contribution in [0.15, 0.2) is 0 Å². The van der Waals surface area contributed by atoms with Crippen LogP contribution in [0.4, 0.5) is 8.78 Å². The molecule has 0 bridgehead atoms. The van der Waals surface area contributed by atoms with Crippen LogP contribution in [0.2, 0.25) is 0 Å². The van der Waals surface area contributed by atoms with Crippen LogP contribution in [0.5, 0.6) is 0 Å². The Bertz CT molecular complexity index is 260. The van der Waals surface area contributed by atoms with E-state index in [2.05, 4.69) is 22.3 Å². The average molecular weight is 301 g/mol. The van der Waals surface area contributed by atoms with Gasteiger partial charge in [0.25, 0.3) is 6.43 Å². The quantitative estimate of drug-likeness (QED) is 0.732. The van der Waals surface area contributed by atoms with Crippen molar-refractivity contribution in [1.29, 1.82) is 0 Å². The van der Waals surface area contributed by atoms with E-state index in [4.69, 9.17) is 0 Å². The SMILES string of the molecule is CC1CCNC(C)C1NC(=O)CCOCC(F)F.Cl. The van der Waals surface area contributed by atoms with Crippen molar-refractivity contribution < 1.29 is 18.3 Å². The first-order valence-electron chi connectivity index (χ1n) is 6.39. The lowest BCUT2D eigenvalue weighted by Gasteiger charge is -2.36. The topological polar surface area (TPSA) is 50.4 Å². The monoisotopic (exact) mass is 300 g/mol. The maximum absolute atomic E-state index is 11.8. The number of carbonyl (C=O) groups excluding carboxylic acids is 1. The lowest BCUT2D eigenvalue weighted by atomic mass is 9.89. The highest BCUT2D eigenvalue weighted by molar-refractivity contribution is 5.85. The number of carbonyl (C=O) groups is 1. The van der Waals surface area contributed by atoms with E-state index in [1.807, 2.05) is 6.92 Å². The summed E-state index contributed by atoms with van der Waals surface area (Å²) in [5, 5.41) is 6.24. The maximum atomic E-state index is 11.8. The second-order valence-electron chi connectivity index (χ2n) is 4.82. The summed E-state index contributed by atoms with van der Waals surface area (Å²) in [5.41, 5.74) is 0. The normalized spacial score (nSPS) is 26.9. The van der Waals surface area contributed by atoms with Crippen LogP contribution in [0.1, 0.15) is 26.7 Å². The summed E-state index contributed by atoms with van der Waals surface area (Å²) in [7, 11) is 0. The van der Waals surface area contributed by atoms with E-state index in [9.17, 15) is 13.6 Å². The van der Waals surface area contributed by atoms with E-state index in [0.717, 1.165) is 13.0 Å². The Morgan fingerprint density at radius 2 is 2.16 bits per heavy atom. The van der Waals surface area contributed by atoms with Crippen molar-refractivity contribution in [2.24, 2.45) is 5.92 Å². The second-order valence-corrected chi connectivity index (χ2v) is 4.82. The fourth-order valence-corrected chi connectivity index (χ4v) is 2.20. The number of nitrogens with one attached hydrogen (secondary N) is 2. The molecule has 0 radical (unpaired) electrons. The standard InChI is InChI=1S/C12H22F2N2O2.ClH/c1-8-3-5-15-9(2)12(8)16-11(17)4-6-18-7-10(13)14;/h8-10,12,15H,3-7H2,1-2H3,(H,16,17);1H. The number of hydrogen-bond acceptors (Lipinski definition) is 3. The number of piperidine rings is 1. The molecule has 1 aliphatic rings. The van der Waals surface area contributed by atoms with Gasteiger partial charge in [-0.2, -0.15) is 0 Å². The molecule has 0 saturated carbocycles. The Morgan fingerprint density at radius 1 is 1.47 bits per heavy atom. The Balaban J connectivity index is 0.00000324. The zero-order valence-electron chi connectivity index (χ0n) is 11.3. The molecular formula is C12H23ClF2N2O2. The van der Waals surface area contributed by atoms with E-state index in [1.54, 1.807) is 0 Å². The second kappa shape index (κ2) is 9.44. The highest BCUT2D eigenvalue weighted by Gasteiger charge is 2.28. The van der Waals surface area contributed by atoms with Crippen LogP contribution >= 0.6 is 12.4 Å². The van der Waals surface area contributed by atoms with Crippen LogP contribution in [-0.2, 0) is 9.53 Å². The molecule has 1 amide bonds. The maximum Gasteiger partial charge on any atom is 0.261 e. The van der Waals surface area contributed by atoms with Crippen LogP contribution in [-0.4, -0.2) is 44.2 Å². The third-order valence-electron chi connectivity index (χ3n) is 3.26. The van der Waals surface area contributed by atoms with Crippen LogP contribution < -0.4 is 10.6 Å². The van der Waals surface area contributed by atoms with Crippen molar-refractivity contribution in [3.63, 3.8) is 0 Å². The van der Waals surface area contributed by atoms with Gasteiger partial charge in [-0.3, -0.25) is 4.79 Å². The number of halogens is 3. The summed E-state index contributed by atoms with van der Waals surface area (Å²) in [5.74, 6) is 0.281. The van der Waals surface area contributed by atoms with E-state index in [1.165, 1.54) is 0 Å². The summed E-state index contributed by atoms with van der Waals surface area (Å²) in [4.78, 5) is 11.6. The van der Waals surface area contributed by atoms with Crippen molar-refractivity contribution in [2.45, 2.75) is 45.2 Å². The molecular weight excluding hydrogens is 278 g/mol. The molecule has 1 aliphatic heterocycles. The molecule has 0 aromatic carbocycles. The number of ether oxygens (including phenoxy) is 1. The van der Waals surface area contributed by atoms with Gasteiger partial charge in [0.05, 0.1) is 6.61 Å². The highest BCUT2D eigenvalue weighted by atomic mass is 35.5. The van der Waals surface area contributed by atoms with Gasteiger partial charge in [-0.25, -0.2) is 8.78 Å². The minimum atomic E-state index is -2.48. The average Bonchev–Trinajstić information content (AvgIpc) is 2.29. The van der Waals surface area contributed by atoms with Crippen LogP contribution in [0.3, 0.4) is 0 Å². The summed E-state index contributed by atoms with van der Waals surface area (Å²) < 4.78 is 28.3. The molecule has 0 aromatic rings. The predicted octanol–water partition coefficient (Wildman–Crippen LogP) is 1.58. The highest BCUT2D eigenvalue weighted by Crippen LogP contribution is 2.16. The third kappa shape index (κ3) is 7.03. The van der Waals surface area contributed by atoms with Crippen molar-refractivity contribution >= 4 is 18.3 Å². The number of amides is 1. The molecule has 1 fully saturated rings. The molecule has 1 heterocycles. The number of alkyl halides is 2. The third-order valence-corrected chi connectivity index (χ3v) is 3.26. The fourth-order valence-electron chi connectivity index (χ4n) is 2.20. The lowest BCUT2D eigenvalue weighted by Crippen LogP contribution is -2.56. The fraction of sp³-hybridized carbons (Fsp3) is 0.917. The molecule has 114 valence electrons. The van der Waals surface area contributed by atoms with Gasteiger partial charge in [0.1, 0.15) is 6.61 Å². The van der Waals surface area contributed by atoms with E-state index < -0.39 is 13.0 Å². The van der Waals surface area contributed by atoms with E-state index in [0.29, 0.717) is 5.92 Å². The molecule has 3 atom stereocenters. The molecule has 3 unspecified atom stereocenters. The smallest absolute Gasteiger partial charge is 0.261 e. The van der Waals surface area contributed by atoms with Crippen LogP contribution in [0.25, 0.3) is 0 Å². The molecule has 1 rings (SSSR count). The number of hydrogen-bond donors (Lipinski definition) is 2. The molecule has 4 nitrogen and oxygen atoms in total. The van der Waals surface area contributed by atoms with Gasteiger partial charge in [0, 0.05) is 18.5 Å². The molecule has 0 aliphatic carbocycles. The lowest BCUT2D eigenvalue weighted by molar-refractivity contribution is -0.124. The van der Waals surface area contributed by atoms with Gasteiger partial charge in [0.15, 0.2) is 0 Å².